The molecule has 0 spiro atoms. The lowest BCUT2D eigenvalue weighted by molar-refractivity contribution is 0.413. The fourth-order valence-corrected chi connectivity index (χ4v) is 2.07. The zero-order chi connectivity index (χ0) is 13.7. The van der Waals surface area contributed by atoms with Crippen LogP contribution in [0.2, 0.25) is 0 Å². The molecule has 1 unspecified atom stereocenters. The second-order valence-electron chi connectivity index (χ2n) is 5.09. The second kappa shape index (κ2) is 6.38. The van der Waals surface area contributed by atoms with Crippen LogP contribution in [-0.2, 0) is 0 Å². The Balaban J connectivity index is 2.13. The first-order valence-corrected chi connectivity index (χ1v) is 6.75. The quantitative estimate of drug-likeness (QED) is 0.837. The summed E-state index contributed by atoms with van der Waals surface area (Å²) in [5, 5.41) is 7.77. The molecule has 1 aromatic heterocycles. The number of aromatic nitrogens is 2. The van der Waals surface area contributed by atoms with Gasteiger partial charge in [-0.25, -0.2) is 4.68 Å². The van der Waals surface area contributed by atoms with Crippen molar-refractivity contribution in [2.24, 2.45) is 17.6 Å². The molecule has 1 heterocycles. The average molecular weight is 258 g/mol. The minimum atomic E-state index is 0.477. The van der Waals surface area contributed by atoms with Gasteiger partial charge in [0.25, 0.3) is 0 Å². The molecule has 0 aliphatic heterocycles. The van der Waals surface area contributed by atoms with E-state index >= 15 is 0 Å². The minimum Gasteiger partial charge on any atom is -0.383 e. The molecule has 0 aliphatic rings. The van der Waals surface area contributed by atoms with Crippen molar-refractivity contribution < 1.29 is 0 Å². The van der Waals surface area contributed by atoms with Crippen LogP contribution in [0, 0.1) is 11.8 Å². The third kappa shape index (κ3) is 3.35. The van der Waals surface area contributed by atoms with Crippen LogP contribution < -0.4 is 11.1 Å². The zero-order valence-electron chi connectivity index (χ0n) is 11.6. The summed E-state index contributed by atoms with van der Waals surface area (Å²) in [6.07, 6.45) is 3.73. The molecule has 0 saturated heterocycles. The first-order chi connectivity index (χ1) is 9.22. The normalized spacial score (nSPS) is 12.6. The van der Waals surface area contributed by atoms with Gasteiger partial charge in [0.1, 0.15) is 0 Å². The van der Waals surface area contributed by atoms with E-state index in [0.29, 0.717) is 18.4 Å². The second-order valence-corrected chi connectivity index (χ2v) is 5.09. The maximum atomic E-state index is 5.81. The van der Waals surface area contributed by atoms with E-state index < -0.39 is 0 Å². The molecule has 0 fully saturated rings. The number of hydrogen-bond donors (Lipinski definition) is 2. The van der Waals surface area contributed by atoms with Crippen molar-refractivity contribution in [2.75, 3.05) is 18.4 Å². The molecule has 0 bridgehead atoms. The molecule has 2 rings (SSSR count). The van der Waals surface area contributed by atoms with Crippen LogP contribution in [0.1, 0.15) is 13.8 Å². The molecule has 0 saturated carbocycles. The Hall–Kier alpha value is -1.81. The first-order valence-electron chi connectivity index (χ1n) is 6.75. The lowest BCUT2D eigenvalue weighted by Gasteiger charge is -2.21. The number of nitrogens with two attached hydrogens (primary N) is 1. The number of nitrogens with one attached hydrogen (secondary N) is 1. The Morgan fingerprint density at radius 2 is 2.05 bits per heavy atom. The van der Waals surface area contributed by atoms with Crippen molar-refractivity contribution in [2.45, 2.75) is 13.8 Å². The highest BCUT2D eigenvalue weighted by atomic mass is 15.3. The fraction of sp³-hybridized carbons (Fsp3) is 0.400. The van der Waals surface area contributed by atoms with Gasteiger partial charge in [0.2, 0.25) is 0 Å². The van der Waals surface area contributed by atoms with Crippen molar-refractivity contribution >= 4 is 5.69 Å². The van der Waals surface area contributed by atoms with Crippen LogP contribution in [-0.4, -0.2) is 22.9 Å². The zero-order valence-corrected chi connectivity index (χ0v) is 11.6. The van der Waals surface area contributed by atoms with Crippen LogP contribution in [0.4, 0.5) is 5.69 Å². The van der Waals surface area contributed by atoms with Gasteiger partial charge in [-0.15, -0.1) is 0 Å². The molecule has 19 heavy (non-hydrogen) atoms. The van der Waals surface area contributed by atoms with Gasteiger partial charge in [0, 0.05) is 18.9 Å². The summed E-state index contributed by atoms with van der Waals surface area (Å²) in [4.78, 5) is 0. The lowest BCUT2D eigenvalue weighted by Crippen LogP contribution is -2.27. The minimum absolute atomic E-state index is 0.477. The Kier molecular flexibility index (Phi) is 4.58. The van der Waals surface area contributed by atoms with Gasteiger partial charge in [-0.3, -0.25) is 0 Å². The van der Waals surface area contributed by atoms with E-state index in [1.54, 1.807) is 6.20 Å². The van der Waals surface area contributed by atoms with Gasteiger partial charge in [-0.2, -0.15) is 5.10 Å². The molecule has 102 valence electrons. The molecule has 2 aromatic rings. The average Bonchev–Trinajstić information content (AvgIpc) is 2.93. The van der Waals surface area contributed by atoms with Crippen LogP contribution >= 0.6 is 0 Å². The Labute approximate surface area is 114 Å². The predicted octanol–water partition coefficient (Wildman–Crippen LogP) is 2.52. The van der Waals surface area contributed by atoms with E-state index in [4.69, 9.17) is 5.73 Å². The highest BCUT2D eigenvalue weighted by Gasteiger charge is 2.12. The maximum absolute atomic E-state index is 5.81. The number of nitrogens with zero attached hydrogens (tertiary/aromatic N) is 2. The molecule has 0 amide bonds. The molecule has 0 radical (unpaired) electrons. The molecule has 4 nitrogen and oxygen atoms in total. The molecule has 4 heteroatoms. The van der Waals surface area contributed by atoms with Crippen molar-refractivity contribution in [1.29, 1.82) is 0 Å². The van der Waals surface area contributed by atoms with Crippen molar-refractivity contribution in [3.63, 3.8) is 0 Å². The number of rotatable bonds is 6. The van der Waals surface area contributed by atoms with Gasteiger partial charge >= 0.3 is 0 Å². The lowest BCUT2D eigenvalue weighted by atomic mass is 9.96. The summed E-state index contributed by atoms with van der Waals surface area (Å²) in [6.45, 7) is 6.00. The van der Waals surface area contributed by atoms with Gasteiger partial charge in [-0.05, 0) is 36.6 Å². The predicted molar refractivity (Wildman–Crippen MR) is 79.4 cm³/mol. The van der Waals surface area contributed by atoms with Gasteiger partial charge in [-0.1, -0.05) is 26.0 Å². The maximum Gasteiger partial charge on any atom is 0.0876 e. The monoisotopic (exact) mass is 258 g/mol. The molecule has 3 N–H and O–H groups in total. The smallest absolute Gasteiger partial charge is 0.0876 e. The standard InChI is InChI=1S/C15H22N4/c1-12(2)13(10-16)11-17-14-6-3-4-7-15(14)19-9-5-8-18-19/h3-9,12-13,17H,10-11,16H2,1-2H3. The molecule has 1 aromatic carbocycles. The third-order valence-corrected chi connectivity index (χ3v) is 3.46. The van der Waals surface area contributed by atoms with Gasteiger partial charge in [0.05, 0.1) is 11.4 Å². The summed E-state index contributed by atoms with van der Waals surface area (Å²) in [5.41, 5.74) is 7.96. The number of para-hydroxylation sites is 2. The third-order valence-electron chi connectivity index (χ3n) is 3.46. The van der Waals surface area contributed by atoms with E-state index in [-0.39, 0.29) is 0 Å². The largest absolute Gasteiger partial charge is 0.383 e. The van der Waals surface area contributed by atoms with E-state index in [2.05, 4.69) is 36.4 Å². The fourth-order valence-electron chi connectivity index (χ4n) is 2.07. The van der Waals surface area contributed by atoms with Crippen LogP contribution in [0.3, 0.4) is 0 Å². The summed E-state index contributed by atoms with van der Waals surface area (Å²) >= 11 is 0. The first kappa shape index (κ1) is 13.6. The number of anilines is 1. The van der Waals surface area contributed by atoms with Crippen LogP contribution in [0.5, 0.6) is 0 Å². The van der Waals surface area contributed by atoms with E-state index in [9.17, 15) is 0 Å². The Bertz CT molecular complexity index is 491. The Morgan fingerprint density at radius 3 is 2.68 bits per heavy atom. The highest BCUT2D eigenvalue weighted by molar-refractivity contribution is 5.60. The summed E-state index contributed by atoms with van der Waals surface area (Å²) < 4.78 is 1.87. The summed E-state index contributed by atoms with van der Waals surface area (Å²) in [5.74, 6) is 1.06. The van der Waals surface area contributed by atoms with Crippen molar-refractivity contribution in [1.82, 2.24) is 9.78 Å². The van der Waals surface area contributed by atoms with Crippen molar-refractivity contribution in [3.8, 4) is 5.69 Å². The summed E-state index contributed by atoms with van der Waals surface area (Å²) in [7, 11) is 0. The van der Waals surface area contributed by atoms with E-state index in [1.807, 2.05) is 29.1 Å². The van der Waals surface area contributed by atoms with Gasteiger partial charge < -0.3 is 11.1 Å². The van der Waals surface area contributed by atoms with Crippen LogP contribution in [0.25, 0.3) is 5.69 Å². The Morgan fingerprint density at radius 1 is 1.26 bits per heavy atom. The SMILES string of the molecule is CC(C)C(CN)CNc1ccccc1-n1cccn1. The highest BCUT2D eigenvalue weighted by Crippen LogP contribution is 2.20. The number of benzene rings is 1. The van der Waals surface area contributed by atoms with Crippen LogP contribution in [0.15, 0.2) is 42.7 Å². The van der Waals surface area contributed by atoms with Crippen molar-refractivity contribution in [3.05, 3.63) is 42.7 Å². The number of hydrogen-bond acceptors (Lipinski definition) is 3. The van der Waals surface area contributed by atoms with E-state index in [1.165, 1.54) is 0 Å². The molecule has 0 aliphatic carbocycles. The molecular formula is C15H22N4. The molecular weight excluding hydrogens is 236 g/mol. The molecule has 1 atom stereocenters. The van der Waals surface area contributed by atoms with Gasteiger partial charge in [0.15, 0.2) is 0 Å². The summed E-state index contributed by atoms with van der Waals surface area (Å²) in [6, 6.07) is 10.1. The topological polar surface area (TPSA) is 55.9 Å². The van der Waals surface area contributed by atoms with E-state index in [0.717, 1.165) is 17.9 Å².